The molecule has 0 aromatic carbocycles. The highest BCUT2D eigenvalue weighted by atomic mass is 16.5. The van der Waals surface area contributed by atoms with Crippen molar-refractivity contribution in [1.29, 1.82) is 0 Å². The molecular formula is C9H12O4. The summed E-state index contributed by atoms with van der Waals surface area (Å²) in [5, 5.41) is 8.55. The van der Waals surface area contributed by atoms with Crippen molar-refractivity contribution >= 4 is 11.9 Å². The van der Waals surface area contributed by atoms with Gasteiger partial charge in [-0.15, -0.1) is 0 Å². The summed E-state index contributed by atoms with van der Waals surface area (Å²) in [7, 11) is 0. The van der Waals surface area contributed by atoms with Crippen molar-refractivity contribution in [3.63, 3.8) is 0 Å². The molecule has 2 atom stereocenters. The van der Waals surface area contributed by atoms with E-state index in [1.807, 2.05) is 6.08 Å². The molecule has 0 aliphatic heterocycles. The average Bonchev–Trinajstić information content (AvgIpc) is 2.34. The molecule has 72 valence electrons. The van der Waals surface area contributed by atoms with E-state index in [4.69, 9.17) is 9.84 Å². The van der Waals surface area contributed by atoms with Crippen LogP contribution in [0.25, 0.3) is 0 Å². The summed E-state index contributed by atoms with van der Waals surface area (Å²) in [4.78, 5) is 21.0. The zero-order chi connectivity index (χ0) is 9.84. The second kappa shape index (κ2) is 4.07. The molecule has 13 heavy (non-hydrogen) atoms. The van der Waals surface area contributed by atoms with Gasteiger partial charge in [0.2, 0.25) is 0 Å². The van der Waals surface area contributed by atoms with Crippen molar-refractivity contribution in [1.82, 2.24) is 0 Å². The minimum Gasteiger partial charge on any atom is -0.481 e. The normalized spacial score (nSPS) is 25.9. The number of aliphatic carboxylic acids is 1. The topological polar surface area (TPSA) is 63.6 Å². The van der Waals surface area contributed by atoms with Crippen molar-refractivity contribution in [2.45, 2.75) is 25.9 Å². The second-order valence-electron chi connectivity index (χ2n) is 3.07. The van der Waals surface area contributed by atoms with E-state index in [-0.39, 0.29) is 24.4 Å². The van der Waals surface area contributed by atoms with Crippen LogP contribution >= 0.6 is 0 Å². The summed E-state index contributed by atoms with van der Waals surface area (Å²) in [6, 6.07) is 0. The molecule has 1 aliphatic rings. The van der Waals surface area contributed by atoms with Gasteiger partial charge in [-0.25, -0.2) is 0 Å². The van der Waals surface area contributed by atoms with Crippen LogP contribution in [0.1, 0.15) is 19.8 Å². The molecule has 4 heteroatoms. The highest BCUT2D eigenvalue weighted by Crippen LogP contribution is 2.24. The molecule has 1 rings (SSSR count). The summed E-state index contributed by atoms with van der Waals surface area (Å²) >= 11 is 0. The Morgan fingerprint density at radius 2 is 2.31 bits per heavy atom. The van der Waals surface area contributed by atoms with E-state index in [1.54, 1.807) is 6.08 Å². The molecule has 1 aliphatic carbocycles. The van der Waals surface area contributed by atoms with Crippen molar-refractivity contribution in [2.24, 2.45) is 5.92 Å². The van der Waals surface area contributed by atoms with Gasteiger partial charge >= 0.3 is 11.9 Å². The molecule has 1 N–H and O–H groups in total. The summed E-state index contributed by atoms with van der Waals surface area (Å²) in [6.45, 7) is 1.33. The van der Waals surface area contributed by atoms with E-state index >= 15 is 0 Å². The van der Waals surface area contributed by atoms with Crippen molar-refractivity contribution in [2.75, 3.05) is 0 Å². The first-order valence-electron chi connectivity index (χ1n) is 4.15. The van der Waals surface area contributed by atoms with Crippen LogP contribution in [-0.4, -0.2) is 23.1 Å². The molecule has 0 heterocycles. The van der Waals surface area contributed by atoms with Gasteiger partial charge in [0.15, 0.2) is 0 Å². The van der Waals surface area contributed by atoms with Gasteiger partial charge in [-0.1, -0.05) is 12.2 Å². The first kappa shape index (κ1) is 9.77. The van der Waals surface area contributed by atoms with Gasteiger partial charge in [0, 0.05) is 19.3 Å². The quantitative estimate of drug-likeness (QED) is 0.524. The molecule has 0 aromatic rings. The van der Waals surface area contributed by atoms with Gasteiger partial charge < -0.3 is 9.84 Å². The smallest absolute Gasteiger partial charge is 0.304 e. The Bertz CT molecular complexity index is 244. The first-order chi connectivity index (χ1) is 6.09. The van der Waals surface area contributed by atoms with Crippen LogP contribution in [0.5, 0.6) is 0 Å². The number of esters is 1. The minimum atomic E-state index is -0.867. The molecular weight excluding hydrogens is 172 g/mol. The second-order valence-corrected chi connectivity index (χ2v) is 3.07. The zero-order valence-corrected chi connectivity index (χ0v) is 7.40. The van der Waals surface area contributed by atoms with E-state index in [2.05, 4.69) is 0 Å². The maximum absolute atomic E-state index is 10.6. The lowest BCUT2D eigenvalue weighted by Gasteiger charge is -2.17. The molecule has 0 unspecified atom stereocenters. The SMILES string of the molecule is CC(=O)O[C@@H]1CC=C[C@@H]1CC(=O)O. The third kappa shape index (κ3) is 2.89. The lowest BCUT2D eigenvalue weighted by atomic mass is 10.0. The Morgan fingerprint density at radius 1 is 1.62 bits per heavy atom. The maximum atomic E-state index is 10.6. The Morgan fingerprint density at radius 3 is 2.85 bits per heavy atom. The summed E-state index contributed by atoms with van der Waals surface area (Å²) in [5.41, 5.74) is 0. The fourth-order valence-corrected chi connectivity index (χ4v) is 1.44. The highest BCUT2D eigenvalue weighted by Gasteiger charge is 2.27. The molecule has 0 bridgehead atoms. The predicted molar refractivity (Wildman–Crippen MR) is 45.1 cm³/mol. The standard InChI is InChI=1S/C9H12O4/c1-6(10)13-8-4-2-3-7(8)5-9(11)12/h2-3,7-8H,4-5H2,1H3,(H,11,12)/t7-,8-/m1/s1. The number of carbonyl (C=O) groups excluding carboxylic acids is 1. The summed E-state index contributed by atoms with van der Waals surface area (Å²) in [5.74, 6) is -1.39. The molecule has 4 nitrogen and oxygen atoms in total. The van der Waals surface area contributed by atoms with Crippen molar-refractivity contribution in [3.05, 3.63) is 12.2 Å². The van der Waals surface area contributed by atoms with Crippen molar-refractivity contribution in [3.8, 4) is 0 Å². The van der Waals surface area contributed by atoms with E-state index in [0.717, 1.165) is 0 Å². The van der Waals surface area contributed by atoms with Crippen molar-refractivity contribution < 1.29 is 19.4 Å². The molecule has 0 aromatic heterocycles. The number of hydrogen-bond donors (Lipinski definition) is 1. The number of carbonyl (C=O) groups is 2. The summed E-state index contributed by atoms with van der Waals surface area (Å²) in [6.07, 6.45) is 4.00. The van der Waals surface area contributed by atoms with E-state index in [0.29, 0.717) is 6.42 Å². The fourth-order valence-electron chi connectivity index (χ4n) is 1.44. The highest BCUT2D eigenvalue weighted by molar-refractivity contribution is 5.68. The van der Waals surface area contributed by atoms with Gasteiger partial charge in [0.1, 0.15) is 6.10 Å². The molecule has 0 spiro atoms. The predicted octanol–water partition coefficient (Wildman–Crippen LogP) is 0.969. The zero-order valence-electron chi connectivity index (χ0n) is 7.40. The maximum Gasteiger partial charge on any atom is 0.304 e. The molecule has 0 amide bonds. The Labute approximate surface area is 76.2 Å². The van der Waals surface area contributed by atoms with Crippen LogP contribution in [-0.2, 0) is 14.3 Å². The monoisotopic (exact) mass is 184 g/mol. The van der Waals surface area contributed by atoms with Crippen LogP contribution in [0.15, 0.2) is 12.2 Å². The van der Waals surface area contributed by atoms with Gasteiger partial charge in [-0.3, -0.25) is 9.59 Å². The van der Waals surface area contributed by atoms with E-state index < -0.39 is 5.97 Å². The lowest BCUT2D eigenvalue weighted by molar-refractivity contribution is -0.150. The van der Waals surface area contributed by atoms with Crippen LogP contribution in [0.2, 0.25) is 0 Å². The van der Waals surface area contributed by atoms with Crippen LogP contribution in [0.3, 0.4) is 0 Å². The average molecular weight is 184 g/mol. The number of ether oxygens (including phenoxy) is 1. The third-order valence-corrected chi connectivity index (χ3v) is 1.96. The summed E-state index contributed by atoms with van der Waals surface area (Å²) < 4.78 is 4.96. The van der Waals surface area contributed by atoms with Crippen LogP contribution < -0.4 is 0 Å². The Hall–Kier alpha value is -1.32. The van der Waals surface area contributed by atoms with Gasteiger partial charge in [0.05, 0.1) is 6.42 Å². The first-order valence-corrected chi connectivity index (χ1v) is 4.15. The van der Waals surface area contributed by atoms with E-state index in [1.165, 1.54) is 6.92 Å². The molecule has 0 saturated carbocycles. The fraction of sp³-hybridized carbons (Fsp3) is 0.556. The number of carboxylic acids is 1. The minimum absolute atomic E-state index is 0.0223. The van der Waals surface area contributed by atoms with E-state index in [9.17, 15) is 9.59 Å². The van der Waals surface area contributed by atoms with Gasteiger partial charge in [-0.2, -0.15) is 0 Å². The number of carboxylic acid groups (broad SMARTS) is 1. The largest absolute Gasteiger partial charge is 0.481 e. The van der Waals surface area contributed by atoms with Gasteiger partial charge in [-0.05, 0) is 0 Å². The molecule has 0 radical (unpaired) electrons. The molecule has 0 fully saturated rings. The molecule has 0 saturated heterocycles. The van der Waals surface area contributed by atoms with Crippen LogP contribution in [0, 0.1) is 5.92 Å². The Balaban J connectivity index is 2.47. The Kier molecular flexibility index (Phi) is 3.06. The lowest BCUT2D eigenvalue weighted by Crippen LogP contribution is -2.23. The van der Waals surface area contributed by atoms with Crippen LogP contribution in [0.4, 0.5) is 0 Å². The van der Waals surface area contributed by atoms with Gasteiger partial charge in [0.25, 0.3) is 0 Å². The third-order valence-electron chi connectivity index (χ3n) is 1.96. The number of rotatable bonds is 3. The number of hydrogen-bond acceptors (Lipinski definition) is 3.